The second kappa shape index (κ2) is 10.1. The van der Waals surface area contributed by atoms with Crippen molar-refractivity contribution >= 4 is 29.1 Å². The Balaban J connectivity index is 1.08. The Hall–Kier alpha value is -3.31. The van der Waals surface area contributed by atoms with Crippen molar-refractivity contribution in [3.8, 4) is 5.75 Å². The molecule has 1 amide bonds. The zero-order chi connectivity index (χ0) is 26.3. The van der Waals surface area contributed by atoms with E-state index in [1.165, 1.54) is 0 Å². The zero-order valence-electron chi connectivity index (χ0n) is 22.5. The number of aromatic nitrogens is 2. The molecule has 5 heterocycles. The lowest BCUT2D eigenvalue weighted by Crippen LogP contribution is -2.64. The van der Waals surface area contributed by atoms with Gasteiger partial charge in [0.2, 0.25) is 0 Å². The summed E-state index contributed by atoms with van der Waals surface area (Å²) in [6.45, 7) is 14.4. The van der Waals surface area contributed by atoms with E-state index in [1.807, 2.05) is 26.8 Å². The summed E-state index contributed by atoms with van der Waals surface area (Å²) in [4.78, 5) is 30.3. The molecule has 0 saturated carbocycles. The molecule has 204 valence electrons. The van der Waals surface area contributed by atoms with Crippen molar-refractivity contribution in [2.45, 2.75) is 39.0 Å². The van der Waals surface area contributed by atoms with Gasteiger partial charge in [0.1, 0.15) is 35.9 Å². The van der Waals surface area contributed by atoms with Crippen LogP contribution in [0.1, 0.15) is 26.3 Å². The molecule has 3 saturated heterocycles. The minimum absolute atomic E-state index is 0.212. The first kappa shape index (κ1) is 25.0. The summed E-state index contributed by atoms with van der Waals surface area (Å²) in [5, 5.41) is 3.52. The van der Waals surface area contributed by atoms with Crippen molar-refractivity contribution in [3.63, 3.8) is 0 Å². The molecule has 0 spiro atoms. The van der Waals surface area contributed by atoms with Gasteiger partial charge in [-0.05, 0) is 39.0 Å². The van der Waals surface area contributed by atoms with Crippen LogP contribution < -0.4 is 19.9 Å². The quantitative estimate of drug-likeness (QED) is 0.647. The third-order valence-corrected chi connectivity index (χ3v) is 7.53. The molecular weight excluding hydrogens is 486 g/mol. The summed E-state index contributed by atoms with van der Waals surface area (Å²) in [7, 11) is 0. The number of hydrogen-bond donors (Lipinski definition) is 1. The van der Waals surface area contributed by atoms with Crippen molar-refractivity contribution in [3.05, 3.63) is 30.1 Å². The monoisotopic (exact) mass is 523 g/mol. The summed E-state index contributed by atoms with van der Waals surface area (Å²) < 4.78 is 17.2. The fourth-order valence-electron chi connectivity index (χ4n) is 5.41. The number of piperazine rings is 1. The normalized spacial score (nSPS) is 20.4. The highest BCUT2D eigenvalue weighted by Crippen LogP contribution is 2.38. The number of carbonyl (C=O) groups excluding carboxylic acids is 1. The van der Waals surface area contributed by atoms with Crippen LogP contribution >= 0.6 is 0 Å². The maximum absolute atomic E-state index is 12.3. The molecule has 3 fully saturated rings. The van der Waals surface area contributed by atoms with E-state index in [0.717, 1.165) is 86.7 Å². The van der Waals surface area contributed by atoms with Crippen LogP contribution in [-0.2, 0) is 16.1 Å². The topological polar surface area (TPSA) is 95.5 Å². The molecule has 38 heavy (non-hydrogen) atoms. The highest BCUT2D eigenvalue weighted by atomic mass is 16.6. The van der Waals surface area contributed by atoms with Gasteiger partial charge >= 0.3 is 6.09 Å². The number of likely N-dealkylation sites (tertiary alicyclic amines) is 1. The minimum atomic E-state index is -0.457. The van der Waals surface area contributed by atoms with Crippen LogP contribution in [-0.4, -0.2) is 103 Å². The van der Waals surface area contributed by atoms with Crippen LogP contribution in [0.2, 0.25) is 0 Å². The third-order valence-electron chi connectivity index (χ3n) is 7.53. The van der Waals surface area contributed by atoms with E-state index < -0.39 is 5.60 Å². The average molecular weight is 524 g/mol. The number of fused-ring (bicyclic) bond motifs is 2. The maximum atomic E-state index is 12.3. The van der Waals surface area contributed by atoms with Crippen molar-refractivity contribution in [1.82, 2.24) is 19.8 Å². The Morgan fingerprint density at radius 2 is 1.79 bits per heavy atom. The number of benzene rings is 1. The lowest BCUT2D eigenvalue weighted by Gasteiger charge is -2.48. The molecular formula is C27H37N7O4. The predicted molar refractivity (Wildman–Crippen MR) is 145 cm³/mol. The van der Waals surface area contributed by atoms with Gasteiger partial charge in [-0.25, -0.2) is 14.8 Å². The van der Waals surface area contributed by atoms with E-state index in [0.29, 0.717) is 25.9 Å². The van der Waals surface area contributed by atoms with Crippen LogP contribution in [0.25, 0.3) is 0 Å². The standard InChI is InChI=1S/C27H37N7O4/c1-27(2,3)38-26(35)34-15-20(16-34)32-8-6-31(7-9-32)19-4-5-23-22(14-19)30-24-21(17-37-23)25(29-18-28-24)33-10-12-36-13-11-33/h4-5,14,18,20H,6-13,15-17H2,1-3H3,(H,28,29,30). The zero-order valence-corrected chi connectivity index (χ0v) is 22.5. The van der Waals surface area contributed by atoms with E-state index in [4.69, 9.17) is 14.2 Å². The van der Waals surface area contributed by atoms with E-state index in [-0.39, 0.29) is 6.09 Å². The molecule has 0 unspecified atom stereocenters. The lowest BCUT2D eigenvalue weighted by molar-refractivity contribution is -0.0162. The molecule has 1 aromatic carbocycles. The summed E-state index contributed by atoms with van der Waals surface area (Å²) in [6, 6.07) is 6.74. The number of hydrogen-bond acceptors (Lipinski definition) is 10. The van der Waals surface area contributed by atoms with E-state index in [1.54, 1.807) is 11.2 Å². The van der Waals surface area contributed by atoms with Gasteiger partial charge in [0.15, 0.2) is 0 Å². The number of carbonyl (C=O) groups is 1. The highest BCUT2D eigenvalue weighted by molar-refractivity contribution is 5.74. The first-order chi connectivity index (χ1) is 18.3. The van der Waals surface area contributed by atoms with E-state index in [9.17, 15) is 4.79 Å². The van der Waals surface area contributed by atoms with Gasteiger partial charge in [0.05, 0.1) is 24.5 Å². The van der Waals surface area contributed by atoms with Gasteiger partial charge in [-0.3, -0.25) is 4.90 Å². The van der Waals surface area contributed by atoms with Crippen molar-refractivity contribution < 1.29 is 19.0 Å². The van der Waals surface area contributed by atoms with Crippen LogP contribution in [0.15, 0.2) is 24.5 Å². The smallest absolute Gasteiger partial charge is 0.410 e. The van der Waals surface area contributed by atoms with E-state index >= 15 is 0 Å². The number of rotatable bonds is 3. The Bertz CT molecular complexity index is 1170. The Labute approximate surface area is 223 Å². The molecule has 6 rings (SSSR count). The summed E-state index contributed by atoms with van der Waals surface area (Å²) in [5.74, 6) is 2.52. The van der Waals surface area contributed by atoms with Gasteiger partial charge in [0, 0.05) is 64.1 Å². The van der Waals surface area contributed by atoms with Crippen LogP contribution in [0.5, 0.6) is 5.75 Å². The van der Waals surface area contributed by atoms with Gasteiger partial charge in [-0.15, -0.1) is 0 Å². The van der Waals surface area contributed by atoms with Gasteiger partial charge in [-0.2, -0.15) is 0 Å². The minimum Gasteiger partial charge on any atom is -0.486 e. The molecule has 11 nitrogen and oxygen atoms in total. The molecule has 4 aliphatic rings. The second-order valence-electron chi connectivity index (χ2n) is 11.3. The molecule has 0 aliphatic carbocycles. The third kappa shape index (κ3) is 5.17. The van der Waals surface area contributed by atoms with E-state index in [2.05, 4.69) is 42.1 Å². The van der Waals surface area contributed by atoms with Crippen LogP contribution in [0, 0.1) is 0 Å². The number of nitrogens with zero attached hydrogens (tertiary/aromatic N) is 6. The highest BCUT2D eigenvalue weighted by Gasteiger charge is 2.38. The van der Waals surface area contributed by atoms with Gasteiger partial charge in [-0.1, -0.05) is 0 Å². The number of ether oxygens (including phenoxy) is 3. The summed E-state index contributed by atoms with van der Waals surface area (Å²) in [6.07, 6.45) is 1.41. The average Bonchev–Trinajstić information content (AvgIpc) is 3.06. The lowest BCUT2D eigenvalue weighted by atomic mass is 10.1. The van der Waals surface area contributed by atoms with Crippen molar-refractivity contribution in [2.75, 3.05) is 80.7 Å². The van der Waals surface area contributed by atoms with Gasteiger partial charge < -0.3 is 34.2 Å². The molecule has 11 heteroatoms. The van der Waals surface area contributed by atoms with Crippen LogP contribution in [0.3, 0.4) is 0 Å². The van der Waals surface area contributed by atoms with Crippen molar-refractivity contribution in [1.29, 1.82) is 0 Å². The number of nitrogens with one attached hydrogen (secondary N) is 1. The predicted octanol–water partition coefficient (Wildman–Crippen LogP) is 2.69. The van der Waals surface area contributed by atoms with Crippen molar-refractivity contribution in [2.24, 2.45) is 0 Å². The maximum Gasteiger partial charge on any atom is 0.410 e. The Morgan fingerprint density at radius 3 is 2.53 bits per heavy atom. The molecule has 0 bridgehead atoms. The first-order valence-corrected chi connectivity index (χ1v) is 13.5. The molecule has 4 aliphatic heterocycles. The fraction of sp³-hybridized carbons (Fsp3) is 0.593. The summed E-state index contributed by atoms with van der Waals surface area (Å²) >= 11 is 0. The number of amides is 1. The first-order valence-electron chi connectivity index (χ1n) is 13.5. The second-order valence-corrected chi connectivity index (χ2v) is 11.3. The molecule has 0 radical (unpaired) electrons. The number of morpholine rings is 1. The Kier molecular flexibility index (Phi) is 6.65. The summed E-state index contributed by atoms with van der Waals surface area (Å²) in [5.41, 5.74) is 2.60. The molecule has 0 atom stereocenters. The SMILES string of the molecule is CC(C)(C)OC(=O)N1CC(N2CCN(c3ccc4c(c3)Nc3ncnc(N5CCOCC5)c3CO4)CC2)C1. The molecule has 2 aromatic rings. The van der Waals surface area contributed by atoms with Crippen LogP contribution in [0.4, 0.5) is 27.8 Å². The largest absolute Gasteiger partial charge is 0.486 e. The number of anilines is 4. The molecule has 1 aromatic heterocycles. The fourth-order valence-corrected chi connectivity index (χ4v) is 5.41. The molecule has 1 N–H and O–H groups in total. The Morgan fingerprint density at radius 1 is 1.03 bits per heavy atom. The van der Waals surface area contributed by atoms with Gasteiger partial charge in [0.25, 0.3) is 0 Å².